The first kappa shape index (κ1) is 15.0. The predicted octanol–water partition coefficient (Wildman–Crippen LogP) is 3.34. The Hall–Kier alpha value is -1.35. The minimum Gasteiger partial charge on any atom is -0.480 e. The average molecular weight is 275 g/mol. The maximum Gasteiger partial charge on any atom is 0.324 e. The summed E-state index contributed by atoms with van der Waals surface area (Å²) in [6.45, 7) is 5.13. The minimum atomic E-state index is -0.642. The Morgan fingerprint density at radius 2 is 2.10 bits per heavy atom. The molecule has 0 saturated carbocycles. The fraction of sp³-hybridized carbons (Fsp3) is 0.588. The third kappa shape index (κ3) is 2.88. The van der Waals surface area contributed by atoms with Crippen LogP contribution in [0.1, 0.15) is 45.1 Å². The minimum absolute atomic E-state index is 0.266. The molecule has 0 spiro atoms. The van der Waals surface area contributed by atoms with E-state index in [1.807, 2.05) is 18.2 Å². The van der Waals surface area contributed by atoms with Gasteiger partial charge in [-0.2, -0.15) is 0 Å². The Bertz CT molecular complexity index is 446. The van der Waals surface area contributed by atoms with Crippen LogP contribution in [0.15, 0.2) is 30.3 Å². The van der Waals surface area contributed by atoms with E-state index < -0.39 is 11.5 Å². The molecule has 1 aromatic carbocycles. The van der Waals surface area contributed by atoms with Crippen LogP contribution in [0.4, 0.5) is 0 Å². The Morgan fingerprint density at radius 1 is 1.40 bits per heavy atom. The van der Waals surface area contributed by atoms with Crippen molar-refractivity contribution in [2.24, 2.45) is 0 Å². The van der Waals surface area contributed by atoms with E-state index >= 15 is 0 Å². The summed E-state index contributed by atoms with van der Waals surface area (Å²) in [6.07, 6.45) is 4.36. The van der Waals surface area contributed by atoms with E-state index in [0.29, 0.717) is 0 Å². The summed E-state index contributed by atoms with van der Waals surface area (Å²) < 4.78 is 0. The third-order valence-electron chi connectivity index (χ3n) is 4.51. The lowest BCUT2D eigenvalue weighted by atomic mass is 9.89. The molecule has 3 nitrogen and oxygen atoms in total. The number of hydrogen-bond acceptors (Lipinski definition) is 2. The van der Waals surface area contributed by atoms with Crippen LogP contribution in [0.3, 0.4) is 0 Å². The molecule has 20 heavy (non-hydrogen) atoms. The molecule has 2 unspecified atom stereocenters. The van der Waals surface area contributed by atoms with Gasteiger partial charge in [-0.3, -0.25) is 9.69 Å². The molecule has 1 aliphatic rings. The molecule has 1 fully saturated rings. The number of carboxylic acids is 1. The van der Waals surface area contributed by atoms with Gasteiger partial charge in [0.1, 0.15) is 5.54 Å². The molecule has 0 amide bonds. The second-order valence-electron chi connectivity index (χ2n) is 5.92. The maximum atomic E-state index is 11.8. The second kappa shape index (κ2) is 6.40. The number of carboxylic acid groups (broad SMARTS) is 1. The highest BCUT2D eigenvalue weighted by Gasteiger charge is 2.48. The monoisotopic (exact) mass is 275 g/mol. The van der Waals surface area contributed by atoms with Crippen LogP contribution >= 0.6 is 0 Å². The quantitative estimate of drug-likeness (QED) is 0.865. The van der Waals surface area contributed by atoms with Crippen molar-refractivity contribution < 1.29 is 9.90 Å². The molecular weight excluding hydrogens is 250 g/mol. The summed E-state index contributed by atoms with van der Waals surface area (Å²) in [7, 11) is 0. The molecule has 0 aromatic heterocycles. The first-order valence-electron chi connectivity index (χ1n) is 7.64. The van der Waals surface area contributed by atoms with Gasteiger partial charge in [-0.1, -0.05) is 43.7 Å². The van der Waals surface area contributed by atoms with E-state index in [0.717, 1.165) is 38.6 Å². The fourth-order valence-corrected chi connectivity index (χ4v) is 3.63. The molecule has 2 rings (SSSR count). The van der Waals surface area contributed by atoms with Crippen molar-refractivity contribution >= 4 is 5.97 Å². The molecule has 1 aliphatic heterocycles. The first-order chi connectivity index (χ1) is 9.60. The van der Waals surface area contributed by atoms with Gasteiger partial charge >= 0.3 is 5.97 Å². The molecular formula is C17H25NO2. The third-order valence-corrected chi connectivity index (χ3v) is 4.51. The standard InChI is InChI=1S/C17H25NO2/c1-3-10-17(16(19)20)11-7-12-18(17)14(2)13-15-8-5-4-6-9-15/h4-6,8-9,14H,3,7,10-13H2,1-2H3,(H,19,20). The topological polar surface area (TPSA) is 40.5 Å². The van der Waals surface area contributed by atoms with Gasteiger partial charge in [-0.15, -0.1) is 0 Å². The van der Waals surface area contributed by atoms with E-state index in [-0.39, 0.29) is 6.04 Å². The molecule has 3 heteroatoms. The number of benzene rings is 1. The lowest BCUT2D eigenvalue weighted by Gasteiger charge is -2.39. The fourth-order valence-electron chi connectivity index (χ4n) is 3.63. The summed E-state index contributed by atoms with van der Waals surface area (Å²) in [5.74, 6) is -0.642. The number of rotatable bonds is 6. The highest BCUT2D eigenvalue weighted by Crippen LogP contribution is 2.36. The van der Waals surface area contributed by atoms with Crippen molar-refractivity contribution in [2.75, 3.05) is 6.54 Å². The van der Waals surface area contributed by atoms with E-state index in [1.165, 1.54) is 5.56 Å². The normalized spacial score (nSPS) is 24.7. The summed E-state index contributed by atoms with van der Waals surface area (Å²) in [4.78, 5) is 14.1. The number of aliphatic carboxylic acids is 1. The van der Waals surface area contributed by atoms with E-state index in [2.05, 4.69) is 30.9 Å². The zero-order valence-corrected chi connectivity index (χ0v) is 12.5. The van der Waals surface area contributed by atoms with Crippen molar-refractivity contribution in [1.82, 2.24) is 4.90 Å². The van der Waals surface area contributed by atoms with Crippen molar-refractivity contribution in [3.05, 3.63) is 35.9 Å². The van der Waals surface area contributed by atoms with Gasteiger partial charge < -0.3 is 5.11 Å². The molecule has 1 N–H and O–H groups in total. The lowest BCUT2D eigenvalue weighted by molar-refractivity contribution is -0.151. The van der Waals surface area contributed by atoms with Crippen molar-refractivity contribution in [3.8, 4) is 0 Å². The lowest BCUT2D eigenvalue weighted by Crippen LogP contribution is -2.54. The van der Waals surface area contributed by atoms with Gasteiger partial charge in [0.15, 0.2) is 0 Å². The van der Waals surface area contributed by atoms with Crippen LogP contribution in [0.5, 0.6) is 0 Å². The number of nitrogens with zero attached hydrogens (tertiary/aromatic N) is 1. The number of hydrogen-bond donors (Lipinski definition) is 1. The van der Waals surface area contributed by atoms with Gasteiger partial charge in [0.2, 0.25) is 0 Å². The first-order valence-corrected chi connectivity index (χ1v) is 7.64. The summed E-state index contributed by atoms with van der Waals surface area (Å²) in [5.41, 5.74) is 0.644. The summed E-state index contributed by atoms with van der Waals surface area (Å²) >= 11 is 0. The van der Waals surface area contributed by atoms with Crippen LogP contribution in [0.2, 0.25) is 0 Å². The van der Waals surface area contributed by atoms with E-state index in [4.69, 9.17) is 0 Å². The van der Waals surface area contributed by atoms with Crippen molar-refractivity contribution in [1.29, 1.82) is 0 Å². The summed E-state index contributed by atoms with van der Waals surface area (Å²) in [5, 5.41) is 9.74. The van der Waals surface area contributed by atoms with Crippen LogP contribution in [0.25, 0.3) is 0 Å². The van der Waals surface area contributed by atoms with Gasteiger partial charge in [0.25, 0.3) is 0 Å². The molecule has 110 valence electrons. The van der Waals surface area contributed by atoms with E-state index in [1.54, 1.807) is 0 Å². The Balaban J connectivity index is 2.15. The smallest absolute Gasteiger partial charge is 0.324 e. The van der Waals surface area contributed by atoms with Crippen LogP contribution in [0, 0.1) is 0 Å². The molecule has 0 radical (unpaired) electrons. The second-order valence-corrected chi connectivity index (χ2v) is 5.92. The van der Waals surface area contributed by atoms with Crippen LogP contribution < -0.4 is 0 Å². The Labute approximate surface area is 121 Å². The predicted molar refractivity (Wildman–Crippen MR) is 80.8 cm³/mol. The van der Waals surface area contributed by atoms with Gasteiger partial charge in [0.05, 0.1) is 0 Å². The van der Waals surface area contributed by atoms with Gasteiger partial charge in [-0.25, -0.2) is 0 Å². The van der Waals surface area contributed by atoms with Gasteiger partial charge in [0, 0.05) is 6.04 Å². The molecule has 0 aliphatic carbocycles. The number of carbonyl (C=O) groups is 1. The molecule has 1 aromatic rings. The zero-order chi connectivity index (χ0) is 14.6. The van der Waals surface area contributed by atoms with E-state index in [9.17, 15) is 9.90 Å². The largest absolute Gasteiger partial charge is 0.480 e. The Kier molecular flexibility index (Phi) is 4.81. The van der Waals surface area contributed by atoms with Crippen LogP contribution in [-0.2, 0) is 11.2 Å². The Morgan fingerprint density at radius 3 is 2.70 bits per heavy atom. The van der Waals surface area contributed by atoms with Crippen LogP contribution in [-0.4, -0.2) is 34.1 Å². The van der Waals surface area contributed by atoms with Gasteiger partial charge in [-0.05, 0) is 44.7 Å². The zero-order valence-electron chi connectivity index (χ0n) is 12.5. The molecule has 0 bridgehead atoms. The SMILES string of the molecule is CCCC1(C(=O)O)CCCN1C(C)Cc1ccccc1. The highest BCUT2D eigenvalue weighted by molar-refractivity contribution is 5.79. The van der Waals surface area contributed by atoms with Crippen molar-refractivity contribution in [3.63, 3.8) is 0 Å². The highest BCUT2D eigenvalue weighted by atomic mass is 16.4. The molecule has 2 atom stereocenters. The number of likely N-dealkylation sites (tertiary alicyclic amines) is 1. The maximum absolute atomic E-state index is 11.8. The summed E-state index contributed by atoms with van der Waals surface area (Å²) in [6, 6.07) is 10.6. The molecule has 1 saturated heterocycles. The average Bonchev–Trinajstić information content (AvgIpc) is 2.85. The van der Waals surface area contributed by atoms with Crippen molar-refractivity contribution in [2.45, 2.75) is 57.5 Å². The molecule has 1 heterocycles.